The highest BCUT2D eigenvalue weighted by Gasteiger charge is 2.52. The molecule has 1 aromatic heterocycles. The highest BCUT2D eigenvalue weighted by Crippen LogP contribution is 2.46. The molecular weight excluding hydrogens is 520 g/mol. The van der Waals surface area contributed by atoms with Crippen LogP contribution < -0.4 is 9.47 Å². The van der Waals surface area contributed by atoms with Gasteiger partial charge in [-0.05, 0) is 50.2 Å². The predicted octanol–water partition coefficient (Wildman–Crippen LogP) is 4.80. The van der Waals surface area contributed by atoms with Crippen molar-refractivity contribution in [2.24, 2.45) is 5.92 Å². The maximum absolute atomic E-state index is 13.4. The van der Waals surface area contributed by atoms with E-state index in [0.717, 1.165) is 43.0 Å². The summed E-state index contributed by atoms with van der Waals surface area (Å²) in [7, 11) is 3.12. The Balaban J connectivity index is 1.52. The third kappa shape index (κ3) is 5.90. The maximum Gasteiger partial charge on any atom is 0.356 e. The van der Waals surface area contributed by atoms with Gasteiger partial charge in [-0.25, -0.2) is 9.78 Å². The molecule has 1 aliphatic heterocycles. The maximum atomic E-state index is 13.4. The molecule has 11 heteroatoms. The molecule has 2 unspecified atom stereocenters. The summed E-state index contributed by atoms with van der Waals surface area (Å²) in [6, 6.07) is 3.53. The number of thioether (sulfide) groups is 1. The average molecular weight is 551 g/mol. The molecular formula is C26H31ClN2O7S. The van der Waals surface area contributed by atoms with Crippen LogP contribution in [0.1, 0.15) is 61.5 Å². The molecule has 1 saturated heterocycles. The van der Waals surface area contributed by atoms with E-state index in [9.17, 15) is 14.4 Å². The number of hydrogen-bond acceptors (Lipinski definition) is 9. The van der Waals surface area contributed by atoms with E-state index in [-0.39, 0.29) is 35.6 Å². The number of ketones is 1. The number of hydrogen-bond donors (Lipinski definition) is 1. The molecule has 2 atom stereocenters. The fourth-order valence-corrected chi connectivity index (χ4v) is 6.33. The lowest BCUT2D eigenvalue weighted by molar-refractivity contribution is -0.177. The highest BCUT2D eigenvalue weighted by molar-refractivity contribution is 8.01. The molecule has 1 aliphatic carbocycles. The number of aromatic amines is 1. The van der Waals surface area contributed by atoms with E-state index in [1.165, 1.54) is 13.3 Å². The Bertz CT molecular complexity index is 1140. The van der Waals surface area contributed by atoms with Gasteiger partial charge in [0.2, 0.25) is 0 Å². The van der Waals surface area contributed by atoms with Crippen LogP contribution in [0.2, 0.25) is 5.02 Å². The second kappa shape index (κ2) is 11.8. The Hall–Kier alpha value is -2.72. The summed E-state index contributed by atoms with van der Waals surface area (Å²) in [6.07, 6.45) is 6.32. The van der Waals surface area contributed by atoms with E-state index in [0.29, 0.717) is 29.4 Å². The summed E-state index contributed by atoms with van der Waals surface area (Å²) < 4.78 is 22.0. The van der Waals surface area contributed by atoms with Gasteiger partial charge in [-0.2, -0.15) is 0 Å². The zero-order valence-electron chi connectivity index (χ0n) is 21.1. The van der Waals surface area contributed by atoms with Gasteiger partial charge >= 0.3 is 11.9 Å². The van der Waals surface area contributed by atoms with E-state index in [1.807, 2.05) is 0 Å². The summed E-state index contributed by atoms with van der Waals surface area (Å²) >= 11 is 7.32. The molecule has 0 radical (unpaired) electrons. The number of halogens is 1. The van der Waals surface area contributed by atoms with Gasteiger partial charge < -0.3 is 23.9 Å². The molecule has 1 saturated carbocycles. The Kier molecular flexibility index (Phi) is 8.69. The van der Waals surface area contributed by atoms with Gasteiger partial charge in [-0.1, -0.05) is 36.2 Å². The number of nitrogens with zero attached hydrogens (tertiary/aromatic N) is 1. The minimum Gasteiger partial charge on any atom is -0.496 e. The number of benzene rings is 1. The van der Waals surface area contributed by atoms with Crippen LogP contribution in [-0.2, 0) is 25.5 Å². The van der Waals surface area contributed by atoms with Crippen molar-refractivity contribution in [3.63, 3.8) is 0 Å². The summed E-state index contributed by atoms with van der Waals surface area (Å²) in [6.45, 7) is 1.93. The van der Waals surface area contributed by atoms with Crippen LogP contribution in [0.5, 0.6) is 11.5 Å². The Labute approximate surface area is 224 Å². The zero-order chi connectivity index (χ0) is 26.6. The average Bonchev–Trinajstić information content (AvgIpc) is 3.58. The summed E-state index contributed by atoms with van der Waals surface area (Å²) in [5, 5.41) is -0.313. The molecule has 2 fully saturated rings. The van der Waals surface area contributed by atoms with Gasteiger partial charge in [-0.3, -0.25) is 9.59 Å². The number of nitrogens with one attached hydrogen (secondary N) is 1. The fourth-order valence-electron chi connectivity index (χ4n) is 5.20. The number of ether oxygens (including phenoxy) is 4. The van der Waals surface area contributed by atoms with Crippen LogP contribution in [0.15, 0.2) is 23.5 Å². The van der Waals surface area contributed by atoms with Crippen molar-refractivity contribution in [3.8, 4) is 11.5 Å². The quantitative estimate of drug-likeness (QED) is 0.329. The molecule has 9 nitrogen and oxygen atoms in total. The summed E-state index contributed by atoms with van der Waals surface area (Å²) in [5.41, 5.74) is 0.124. The van der Waals surface area contributed by atoms with Crippen molar-refractivity contribution >= 4 is 41.1 Å². The lowest BCUT2D eigenvalue weighted by Crippen LogP contribution is -2.53. The number of imidazole rings is 1. The van der Waals surface area contributed by atoms with Gasteiger partial charge in [-0.15, -0.1) is 0 Å². The van der Waals surface area contributed by atoms with E-state index in [4.69, 9.17) is 30.5 Å². The minimum atomic E-state index is -1.05. The van der Waals surface area contributed by atoms with Gasteiger partial charge in [0.15, 0.2) is 16.2 Å². The number of H-pyrrole nitrogens is 1. The SMILES string of the molecule is CCOC(=O)c1cnc(SC2C(=O)CC(CCc3cc(Cl)c(OC)cc3OC)(C3CCCC3)OC2=O)[nH]1. The Morgan fingerprint density at radius 2 is 1.95 bits per heavy atom. The molecule has 37 heavy (non-hydrogen) atoms. The standard InChI is InChI=1S/C26H31ClN2O7S/c1-4-35-23(31)18-14-28-25(29-18)37-22-19(30)13-26(36-24(22)32,16-7-5-6-8-16)10-9-15-11-17(27)21(34-3)12-20(15)33-2/h11-12,14,16,22H,4-10,13H2,1-3H3,(H,28,29). The number of cyclic esters (lactones) is 1. The first-order chi connectivity index (χ1) is 17.8. The van der Waals surface area contributed by atoms with Gasteiger partial charge in [0.1, 0.15) is 22.8 Å². The predicted molar refractivity (Wildman–Crippen MR) is 137 cm³/mol. The zero-order valence-corrected chi connectivity index (χ0v) is 22.7. The minimum absolute atomic E-state index is 0.102. The van der Waals surface area contributed by atoms with Crippen molar-refractivity contribution < 1.29 is 33.3 Å². The monoisotopic (exact) mass is 550 g/mol. The van der Waals surface area contributed by atoms with Crippen LogP contribution in [0, 0.1) is 5.92 Å². The first-order valence-electron chi connectivity index (χ1n) is 12.3. The lowest BCUT2D eigenvalue weighted by atomic mass is 9.76. The van der Waals surface area contributed by atoms with E-state index in [2.05, 4.69) is 9.97 Å². The molecule has 0 bridgehead atoms. The van der Waals surface area contributed by atoms with Gasteiger partial charge in [0.05, 0.1) is 32.0 Å². The Morgan fingerprint density at radius 1 is 1.22 bits per heavy atom. The lowest BCUT2D eigenvalue weighted by Gasteiger charge is -2.42. The van der Waals surface area contributed by atoms with E-state index < -0.39 is 22.8 Å². The molecule has 4 rings (SSSR count). The highest BCUT2D eigenvalue weighted by atomic mass is 35.5. The molecule has 1 aromatic carbocycles. The molecule has 2 heterocycles. The van der Waals surface area contributed by atoms with Crippen LogP contribution in [-0.4, -0.2) is 59.4 Å². The normalized spacial score (nSPS) is 22.1. The largest absolute Gasteiger partial charge is 0.496 e. The fraction of sp³-hybridized carbons (Fsp3) is 0.538. The van der Waals surface area contributed by atoms with E-state index >= 15 is 0 Å². The van der Waals surface area contributed by atoms with Crippen LogP contribution in [0.25, 0.3) is 0 Å². The second-order valence-corrected chi connectivity index (χ2v) is 10.7. The third-order valence-electron chi connectivity index (χ3n) is 7.03. The van der Waals surface area contributed by atoms with E-state index in [1.54, 1.807) is 26.2 Å². The number of aryl methyl sites for hydroxylation is 1. The third-order valence-corrected chi connectivity index (χ3v) is 8.45. The molecule has 0 amide bonds. The number of aromatic nitrogens is 2. The number of carbonyl (C=O) groups excluding carboxylic acids is 3. The van der Waals surface area contributed by atoms with Crippen molar-refractivity contribution in [1.82, 2.24) is 9.97 Å². The molecule has 2 aliphatic rings. The smallest absolute Gasteiger partial charge is 0.356 e. The summed E-state index contributed by atoms with van der Waals surface area (Å²) in [4.78, 5) is 45.5. The van der Waals surface area contributed by atoms with Crippen LogP contribution >= 0.6 is 23.4 Å². The first kappa shape index (κ1) is 27.3. The van der Waals surface area contributed by atoms with Crippen molar-refractivity contribution in [2.45, 2.75) is 67.9 Å². The number of Topliss-reactive ketones (excluding diaryl/α,β-unsaturated/α-hetero) is 1. The first-order valence-corrected chi connectivity index (χ1v) is 13.6. The number of rotatable bonds is 10. The number of esters is 2. The second-order valence-electron chi connectivity index (χ2n) is 9.23. The molecule has 0 spiro atoms. The topological polar surface area (TPSA) is 117 Å². The van der Waals surface area contributed by atoms with Crippen molar-refractivity contribution in [3.05, 3.63) is 34.6 Å². The number of methoxy groups -OCH3 is 2. The van der Waals surface area contributed by atoms with Crippen LogP contribution in [0.3, 0.4) is 0 Å². The van der Waals surface area contributed by atoms with Crippen molar-refractivity contribution in [2.75, 3.05) is 20.8 Å². The Morgan fingerprint density at radius 3 is 2.59 bits per heavy atom. The number of carbonyl (C=O) groups is 3. The molecule has 1 N–H and O–H groups in total. The summed E-state index contributed by atoms with van der Waals surface area (Å²) in [5.74, 6) is -0.0985. The van der Waals surface area contributed by atoms with Crippen LogP contribution in [0.4, 0.5) is 0 Å². The molecule has 2 aromatic rings. The molecule has 200 valence electrons. The van der Waals surface area contributed by atoms with Gasteiger partial charge in [0, 0.05) is 12.5 Å². The van der Waals surface area contributed by atoms with Crippen molar-refractivity contribution in [1.29, 1.82) is 0 Å². The van der Waals surface area contributed by atoms with Gasteiger partial charge in [0.25, 0.3) is 0 Å².